The van der Waals surface area contributed by atoms with Crippen molar-refractivity contribution in [3.63, 3.8) is 0 Å². The highest BCUT2D eigenvalue weighted by Crippen LogP contribution is 2.40. The Labute approximate surface area is 214 Å². The quantitative estimate of drug-likeness (QED) is 0.232. The number of hydrogen-bond acceptors (Lipinski definition) is 3. The Balaban J connectivity index is 1.66. The predicted molar refractivity (Wildman–Crippen MR) is 128 cm³/mol. The number of alkyl halides is 3. The molecule has 0 bridgehead atoms. The van der Waals surface area contributed by atoms with Crippen LogP contribution in [0.3, 0.4) is 0 Å². The number of nitrogens with one attached hydrogen (secondary N) is 1. The lowest BCUT2D eigenvalue weighted by Gasteiger charge is -2.10. The molecule has 0 atom stereocenters. The van der Waals surface area contributed by atoms with Crippen LogP contribution < -0.4 is 10.3 Å². The molecule has 12 heteroatoms. The number of aromatic nitrogens is 3. The van der Waals surface area contributed by atoms with Crippen molar-refractivity contribution >= 4 is 28.8 Å². The van der Waals surface area contributed by atoms with Crippen molar-refractivity contribution in [2.45, 2.75) is 6.18 Å². The van der Waals surface area contributed by atoms with Gasteiger partial charge in [0.05, 0.1) is 21.3 Å². The highest BCUT2D eigenvalue weighted by atomic mass is 35.5. The molecule has 37 heavy (non-hydrogen) atoms. The number of benzene rings is 3. The van der Waals surface area contributed by atoms with Gasteiger partial charge in [-0.25, -0.2) is 8.78 Å². The van der Waals surface area contributed by atoms with Crippen LogP contribution in [0.5, 0.6) is 11.5 Å². The Morgan fingerprint density at radius 3 is 2.24 bits per heavy atom. The van der Waals surface area contributed by atoms with E-state index in [4.69, 9.17) is 27.9 Å². The molecule has 2 aromatic heterocycles. The summed E-state index contributed by atoms with van der Waals surface area (Å²) in [5.74, 6) is -1.61. The highest BCUT2D eigenvalue weighted by Gasteiger charge is 2.39. The van der Waals surface area contributed by atoms with E-state index >= 15 is 0 Å². The molecule has 0 saturated carbocycles. The standard InChI is InChI=1S/C25H12Cl2F5N3O2/c26-18-5-4-13(7-19(18)27)22-23(25(30,31)32)34-35-21(36)11-20(33-24(22)35)12-2-1-3-16(6-12)37-17-9-14(28)8-15(29)10-17/h1-11,33H. The number of hydrogen-bond donors (Lipinski definition) is 1. The Morgan fingerprint density at radius 2 is 1.57 bits per heavy atom. The molecule has 3 aromatic carbocycles. The molecule has 5 rings (SSSR count). The van der Waals surface area contributed by atoms with Gasteiger partial charge in [-0.2, -0.15) is 22.8 Å². The molecule has 0 fully saturated rings. The molecule has 188 valence electrons. The van der Waals surface area contributed by atoms with E-state index in [1.54, 1.807) is 12.1 Å². The Morgan fingerprint density at radius 1 is 0.838 bits per heavy atom. The lowest BCUT2D eigenvalue weighted by molar-refractivity contribution is -0.140. The van der Waals surface area contributed by atoms with E-state index in [-0.39, 0.29) is 38.4 Å². The van der Waals surface area contributed by atoms with Gasteiger partial charge in [0, 0.05) is 29.8 Å². The zero-order chi connectivity index (χ0) is 26.5. The van der Waals surface area contributed by atoms with E-state index in [9.17, 15) is 26.7 Å². The smallest absolute Gasteiger partial charge is 0.435 e. The molecule has 2 heterocycles. The summed E-state index contributed by atoms with van der Waals surface area (Å²) in [4.78, 5) is 15.7. The monoisotopic (exact) mass is 551 g/mol. The van der Waals surface area contributed by atoms with E-state index in [0.29, 0.717) is 16.1 Å². The van der Waals surface area contributed by atoms with Gasteiger partial charge >= 0.3 is 6.18 Å². The second-order valence-corrected chi connectivity index (χ2v) is 8.68. The third-order valence-electron chi connectivity index (χ3n) is 5.31. The van der Waals surface area contributed by atoms with Crippen molar-refractivity contribution in [3.8, 4) is 33.9 Å². The maximum Gasteiger partial charge on any atom is 0.435 e. The number of H-pyrrole nitrogens is 1. The minimum atomic E-state index is -4.89. The molecule has 0 spiro atoms. The van der Waals surface area contributed by atoms with Crippen LogP contribution in [0.1, 0.15) is 5.69 Å². The summed E-state index contributed by atoms with van der Waals surface area (Å²) in [7, 11) is 0. The number of aromatic amines is 1. The molecular formula is C25H12Cl2F5N3O2. The summed E-state index contributed by atoms with van der Waals surface area (Å²) in [5.41, 5.74) is -2.22. The average Bonchev–Trinajstić information content (AvgIpc) is 3.21. The van der Waals surface area contributed by atoms with Crippen LogP contribution in [0, 0.1) is 11.6 Å². The van der Waals surface area contributed by atoms with Crippen LogP contribution in [0.25, 0.3) is 28.0 Å². The van der Waals surface area contributed by atoms with E-state index in [0.717, 1.165) is 18.2 Å². The second kappa shape index (κ2) is 9.20. The fourth-order valence-electron chi connectivity index (χ4n) is 3.77. The van der Waals surface area contributed by atoms with Crippen molar-refractivity contribution in [3.05, 3.63) is 104 Å². The number of nitrogens with zero attached hydrogens (tertiary/aromatic N) is 2. The lowest BCUT2D eigenvalue weighted by Crippen LogP contribution is -2.15. The van der Waals surface area contributed by atoms with Crippen molar-refractivity contribution < 1.29 is 26.7 Å². The zero-order valence-electron chi connectivity index (χ0n) is 18.2. The summed E-state index contributed by atoms with van der Waals surface area (Å²) in [6.07, 6.45) is -4.89. The molecule has 1 N–H and O–H groups in total. The normalized spacial score (nSPS) is 11.8. The molecule has 5 aromatic rings. The Kier molecular flexibility index (Phi) is 6.17. The molecule has 0 saturated heterocycles. The van der Waals surface area contributed by atoms with Crippen LogP contribution in [-0.2, 0) is 6.18 Å². The van der Waals surface area contributed by atoms with Gasteiger partial charge in [0.1, 0.15) is 28.8 Å². The third kappa shape index (κ3) is 4.90. The minimum absolute atomic E-state index is 0.0174. The average molecular weight is 552 g/mol. The molecular weight excluding hydrogens is 540 g/mol. The maximum absolute atomic E-state index is 13.9. The molecule has 0 aliphatic carbocycles. The summed E-state index contributed by atoms with van der Waals surface area (Å²) >= 11 is 12.0. The first-order chi connectivity index (χ1) is 17.5. The van der Waals surface area contributed by atoms with Crippen molar-refractivity contribution in [2.75, 3.05) is 0 Å². The minimum Gasteiger partial charge on any atom is -0.457 e. The van der Waals surface area contributed by atoms with Crippen molar-refractivity contribution in [2.24, 2.45) is 0 Å². The van der Waals surface area contributed by atoms with Gasteiger partial charge in [0.25, 0.3) is 5.56 Å². The highest BCUT2D eigenvalue weighted by molar-refractivity contribution is 6.42. The van der Waals surface area contributed by atoms with Gasteiger partial charge in [-0.15, -0.1) is 0 Å². The molecule has 0 aliphatic heterocycles. The van der Waals surface area contributed by atoms with E-state index < -0.39 is 34.6 Å². The summed E-state index contributed by atoms with van der Waals surface area (Å²) in [5, 5.41) is 3.67. The largest absolute Gasteiger partial charge is 0.457 e. The number of rotatable bonds is 4. The maximum atomic E-state index is 13.9. The fourth-order valence-corrected chi connectivity index (χ4v) is 4.07. The molecule has 0 aliphatic rings. The van der Waals surface area contributed by atoms with E-state index in [1.165, 1.54) is 30.3 Å². The van der Waals surface area contributed by atoms with Crippen molar-refractivity contribution in [1.82, 2.24) is 14.6 Å². The number of ether oxygens (including phenoxy) is 1. The molecule has 0 unspecified atom stereocenters. The first-order valence-electron chi connectivity index (χ1n) is 10.4. The van der Waals surface area contributed by atoms with Gasteiger partial charge < -0.3 is 9.72 Å². The van der Waals surface area contributed by atoms with Crippen LogP contribution in [0.4, 0.5) is 22.0 Å². The summed E-state index contributed by atoms with van der Waals surface area (Å²) in [6.45, 7) is 0. The molecule has 0 amide bonds. The third-order valence-corrected chi connectivity index (χ3v) is 6.05. The Bertz CT molecular complexity index is 1710. The molecule has 0 radical (unpaired) electrons. The van der Waals surface area contributed by atoms with Crippen LogP contribution >= 0.6 is 23.2 Å². The predicted octanol–water partition coefficient (Wildman–Crippen LogP) is 7.75. The number of halogens is 7. The van der Waals surface area contributed by atoms with E-state index in [1.807, 2.05) is 0 Å². The second-order valence-electron chi connectivity index (χ2n) is 7.87. The summed E-state index contributed by atoms with van der Waals surface area (Å²) in [6, 6.07) is 13.7. The summed E-state index contributed by atoms with van der Waals surface area (Å²) < 4.78 is 74.9. The van der Waals surface area contributed by atoms with Gasteiger partial charge in [-0.3, -0.25) is 4.79 Å². The van der Waals surface area contributed by atoms with E-state index in [2.05, 4.69) is 10.1 Å². The topological polar surface area (TPSA) is 59.4 Å². The van der Waals surface area contributed by atoms with Crippen LogP contribution in [-0.4, -0.2) is 14.6 Å². The first-order valence-corrected chi connectivity index (χ1v) is 11.2. The van der Waals surface area contributed by atoms with Gasteiger partial charge in [0.2, 0.25) is 0 Å². The first kappa shape index (κ1) is 24.8. The SMILES string of the molecule is O=c1cc(-c2cccc(Oc3cc(F)cc(F)c3)c2)[nH]c2c(-c3ccc(Cl)c(Cl)c3)c(C(F)(F)F)nn12. The lowest BCUT2D eigenvalue weighted by atomic mass is 10.1. The van der Waals surface area contributed by atoms with Crippen LogP contribution in [0.15, 0.2) is 71.5 Å². The van der Waals surface area contributed by atoms with Gasteiger partial charge in [-0.1, -0.05) is 41.4 Å². The zero-order valence-corrected chi connectivity index (χ0v) is 19.7. The van der Waals surface area contributed by atoms with Crippen LogP contribution in [0.2, 0.25) is 10.0 Å². The fraction of sp³-hybridized carbons (Fsp3) is 0.0400. The van der Waals surface area contributed by atoms with Gasteiger partial charge in [0.15, 0.2) is 5.69 Å². The number of fused-ring (bicyclic) bond motifs is 1. The Hall–Kier alpha value is -3.89. The molecule has 5 nitrogen and oxygen atoms in total. The van der Waals surface area contributed by atoms with Gasteiger partial charge in [-0.05, 0) is 29.8 Å². The van der Waals surface area contributed by atoms with Crippen molar-refractivity contribution in [1.29, 1.82) is 0 Å².